The van der Waals surface area contributed by atoms with E-state index in [2.05, 4.69) is 340 Å². The first-order chi connectivity index (χ1) is 42.6. The molecule has 0 unspecified atom stereocenters. The molecule has 0 fully saturated rings. The summed E-state index contributed by atoms with van der Waals surface area (Å²) in [6, 6.07) is 121. The van der Waals surface area contributed by atoms with Crippen LogP contribution in [0.5, 0.6) is 23.0 Å². The van der Waals surface area contributed by atoms with Gasteiger partial charge in [-0.2, -0.15) is 0 Å². The average molecular weight is 1370 g/mol. The van der Waals surface area contributed by atoms with Crippen molar-refractivity contribution in [2.45, 2.75) is 0 Å². The van der Waals surface area contributed by atoms with Crippen LogP contribution in [-0.4, -0.2) is 5.34 Å². The Labute approximate surface area is 542 Å². The van der Waals surface area contributed by atoms with Crippen LogP contribution in [0, 0.1) is 0 Å². The van der Waals surface area contributed by atoms with Gasteiger partial charge in [0.25, 0.3) is 0 Å². The molecule has 0 amide bonds. The summed E-state index contributed by atoms with van der Waals surface area (Å²) in [4.78, 5) is 0. The average Bonchev–Trinajstić information content (AvgIpc) is 2.18. The molecule has 0 saturated carbocycles. The summed E-state index contributed by atoms with van der Waals surface area (Å²) in [5.41, 5.74) is 0. The van der Waals surface area contributed by atoms with Crippen LogP contribution in [0.2, 0.25) is 0 Å². The maximum absolute atomic E-state index is 10.7. The number of halogens is 8. The van der Waals surface area contributed by atoms with Crippen molar-refractivity contribution < 1.29 is 51.7 Å². The van der Waals surface area contributed by atoms with Crippen molar-refractivity contribution in [2.24, 2.45) is 0 Å². The fraction of sp³-hybridized carbons (Fsp3) is 0.0137. The van der Waals surface area contributed by atoms with E-state index in [-0.39, 0.29) is 22.4 Å². The van der Waals surface area contributed by atoms with E-state index >= 15 is 0 Å². The van der Waals surface area contributed by atoms with Crippen molar-refractivity contribution in [3.8, 4) is 23.0 Å². The molecule has 89 heavy (non-hydrogen) atoms. The molecule has 12 rings (SSSR count). The summed E-state index contributed by atoms with van der Waals surface area (Å²) in [5.74, 6) is 3.68. The molecule has 12 aromatic rings. The van der Waals surface area contributed by atoms with E-state index in [0.29, 0.717) is 0 Å². The summed E-state index contributed by atoms with van der Waals surface area (Å²) >= 11 is 9.53. The molecule has 0 aliphatic heterocycles. The number of alkyl halides is 2. The van der Waals surface area contributed by atoms with Gasteiger partial charge in [-0.05, 0) is 134 Å². The van der Waals surface area contributed by atoms with Crippen LogP contribution in [-0.2, 0) is 17.1 Å². The van der Waals surface area contributed by atoms with E-state index < -0.39 is 39.5 Å². The normalized spacial score (nSPS) is 11.7. The molecule has 0 atom stereocenters. The second-order valence-corrected chi connectivity index (χ2v) is 31.8. The molecule has 0 aliphatic rings. The standard InChI is InChI=1S/2C36H28OP2.CH2Cl2.Cu.F6P/c2*1-5-17-29(18-6-1)38(30-19-7-2-8-20-30)35-27-15-13-25-33(35)37-34-26-14-16-28-36(34)39(31-21-9-3-10-22-31)32-23-11-4-12-24-32;2-1-3;;1-7(2,3,4,5)6/h2*1-28H;1H2;;/q;;;+1;-1/p+3. The first-order valence-electron chi connectivity index (χ1n) is 27.9. The summed E-state index contributed by atoms with van der Waals surface area (Å²) in [6.45, 7) is 0. The van der Waals surface area contributed by atoms with Crippen LogP contribution >= 0.6 is 62.7 Å². The Morgan fingerprint density at radius 2 is 0.449 bits per heavy atom. The number of para-hydroxylation sites is 4. The summed E-state index contributed by atoms with van der Waals surface area (Å²) < 4.78 is 73.1. The number of hydrogen-bond acceptors (Lipinski definition) is 2. The summed E-state index contributed by atoms with van der Waals surface area (Å²) in [6.07, 6.45) is 0. The Kier molecular flexibility index (Phi) is 24.6. The van der Waals surface area contributed by atoms with E-state index in [1.807, 2.05) is 0 Å². The van der Waals surface area contributed by atoms with Crippen LogP contribution in [0.4, 0.5) is 25.2 Å². The molecule has 0 aromatic heterocycles. The Hall–Kier alpha value is -6.93. The van der Waals surface area contributed by atoms with Crippen molar-refractivity contribution in [2.75, 3.05) is 5.34 Å². The molecule has 0 N–H and O–H groups in total. The van der Waals surface area contributed by atoms with Crippen LogP contribution in [0.3, 0.4) is 0 Å². The topological polar surface area (TPSA) is 18.5 Å². The van der Waals surface area contributed by atoms with Crippen LogP contribution in [0.1, 0.15) is 0 Å². The largest absolute Gasteiger partial charge is 1.00 e. The van der Waals surface area contributed by atoms with Gasteiger partial charge in [-0.1, -0.05) is 224 Å². The third-order valence-corrected chi connectivity index (χ3v) is 24.2. The minimum Gasteiger partial charge on any atom is -0.453 e. The molecule has 454 valence electrons. The van der Waals surface area contributed by atoms with Gasteiger partial charge >= 0.3 is 50.1 Å². The van der Waals surface area contributed by atoms with Gasteiger partial charge < -0.3 is 9.47 Å². The van der Waals surface area contributed by atoms with Gasteiger partial charge in [-0.15, -0.1) is 23.2 Å². The first-order valence-corrected chi connectivity index (χ1v) is 36.8. The number of rotatable bonds is 16. The molecule has 0 aliphatic carbocycles. The second kappa shape index (κ2) is 32.2. The Balaban J connectivity index is 0.000000198. The molecule has 16 heteroatoms. The number of benzene rings is 12. The Bertz CT molecular complexity index is 3390. The maximum atomic E-state index is 9.87. The summed E-state index contributed by atoms with van der Waals surface area (Å²) in [7, 11) is -15.3. The summed E-state index contributed by atoms with van der Waals surface area (Å²) in [5, 5.41) is 15.8. The van der Waals surface area contributed by atoms with E-state index in [1.54, 1.807) is 0 Å². The zero-order chi connectivity index (χ0) is 61.7. The zero-order valence-electron chi connectivity index (χ0n) is 47.6. The number of hydrogen-bond donors (Lipinski definition) is 0. The quantitative estimate of drug-likeness (QED) is 0.0415. The molecule has 12 aromatic carbocycles. The zero-order valence-corrected chi connectivity index (χ0v) is 54.8. The van der Waals surface area contributed by atoms with Crippen molar-refractivity contribution in [3.05, 3.63) is 340 Å². The Morgan fingerprint density at radius 1 is 0.270 bits per heavy atom. The van der Waals surface area contributed by atoms with E-state index in [0.717, 1.165) is 23.0 Å². The van der Waals surface area contributed by atoms with Gasteiger partial charge in [0.15, 0.2) is 17.2 Å². The molecule has 2 nitrogen and oxygen atoms in total. The monoisotopic (exact) mass is 1370 g/mol. The SMILES string of the molecule is ClCCl.F[P-](F)(F)(F)(F)F.[Cu+].c1ccc(P(c2ccccc2)c2ccccc2Oc2ccccc2[PH+](c2ccccc2)c2ccccc2)cc1.c1ccc([PH+](c2ccccc2)c2ccccc2Oc2ccccc2[PH+](c2ccccc2)c2ccccc2)cc1. The minimum absolute atomic E-state index is 0. The Morgan fingerprint density at radius 3 is 0.697 bits per heavy atom. The second-order valence-electron chi connectivity index (χ2n) is 19.5. The van der Waals surface area contributed by atoms with Gasteiger partial charge in [0.2, 0.25) is 0 Å². The van der Waals surface area contributed by atoms with Crippen molar-refractivity contribution in [1.82, 2.24) is 0 Å². The first kappa shape index (κ1) is 68.0. The van der Waals surface area contributed by atoms with Gasteiger partial charge in [0, 0.05) is 5.30 Å². The van der Waals surface area contributed by atoms with Crippen LogP contribution < -0.4 is 73.1 Å². The molecule has 0 saturated heterocycles. The predicted octanol–water partition coefficient (Wildman–Crippen LogP) is 18.0. The van der Waals surface area contributed by atoms with Crippen LogP contribution in [0.25, 0.3) is 0 Å². The van der Waals surface area contributed by atoms with Gasteiger partial charge in [-0.3, -0.25) is 0 Å². The van der Waals surface area contributed by atoms with E-state index in [1.165, 1.54) is 63.7 Å². The fourth-order valence-electron chi connectivity index (χ4n) is 9.89. The van der Waals surface area contributed by atoms with E-state index in [4.69, 9.17) is 32.7 Å². The van der Waals surface area contributed by atoms with Crippen molar-refractivity contribution in [1.29, 1.82) is 0 Å². The smallest absolute Gasteiger partial charge is 0.453 e. The molecule has 0 bridgehead atoms. The number of ether oxygens (including phenoxy) is 2. The molecular formula is C73H61Cl2CuF6O2P5+3. The van der Waals surface area contributed by atoms with Gasteiger partial charge in [0.05, 0.1) is 5.34 Å². The molecular weight excluding hydrogens is 1310 g/mol. The van der Waals surface area contributed by atoms with Crippen molar-refractivity contribution >= 4 is 126 Å². The fourth-order valence-corrected chi connectivity index (χ4v) is 20.2. The minimum atomic E-state index is -10.7. The van der Waals surface area contributed by atoms with Crippen molar-refractivity contribution in [3.63, 3.8) is 0 Å². The van der Waals surface area contributed by atoms with Gasteiger partial charge in [-0.25, -0.2) is 0 Å². The molecule has 0 radical (unpaired) electrons. The van der Waals surface area contributed by atoms with Gasteiger partial charge in [0.1, 0.15) is 77.3 Å². The van der Waals surface area contributed by atoms with Crippen LogP contribution in [0.15, 0.2) is 340 Å². The molecule has 0 heterocycles. The molecule has 0 spiro atoms. The third kappa shape index (κ3) is 20.5. The third-order valence-electron chi connectivity index (χ3n) is 13.4. The predicted molar refractivity (Wildman–Crippen MR) is 375 cm³/mol. The van der Waals surface area contributed by atoms with E-state index in [9.17, 15) is 25.2 Å². The maximum Gasteiger partial charge on any atom is 1.00 e.